The summed E-state index contributed by atoms with van der Waals surface area (Å²) >= 11 is 0. The van der Waals surface area contributed by atoms with E-state index >= 15 is 0 Å². The van der Waals surface area contributed by atoms with Crippen molar-refractivity contribution in [2.24, 2.45) is 5.92 Å². The lowest BCUT2D eigenvalue weighted by Gasteiger charge is -2.12. The van der Waals surface area contributed by atoms with E-state index in [4.69, 9.17) is 0 Å². The minimum absolute atomic E-state index is 0.0362. The number of alkyl halides is 3. The van der Waals surface area contributed by atoms with Crippen LogP contribution in [0.15, 0.2) is 4.52 Å². The van der Waals surface area contributed by atoms with Gasteiger partial charge in [-0.1, -0.05) is 18.5 Å². The van der Waals surface area contributed by atoms with Crippen LogP contribution in [-0.4, -0.2) is 28.1 Å². The maximum absolute atomic E-state index is 12.2. The molecule has 4 nitrogen and oxygen atoms in total. The van der Waals surface area contributed by atoms with Gasteiger partial charge in [0.15, 0.2) is 0 Å². The van der Waals surface area contributed by atoms with Crippen LogP contribution in [-0.2, 0) is 12.7 Å². The second-order valence-corrected chi connectivity index (χ2v) is 4.31. The zero-order valence-electron chi connectivity index (χ0n) is 9.50. The molecule has 7 heteroatoms. The first-order valence-corrected chi connectivity index (χ1v) is 5.61. The van der Waals surface area contributed by atoms with Gasteiger partial charge in [0, 0.05) is 6.54 Å². The minimum atomic E-state index is -4.53. The third-order valence-corrected chi connectivity index (χ3v) is 3.03. The number of likely N-dealkylation sites (tertiary alicyclic amines) is 1. The number of rotatable bonds is 3. The lowest BCUT2D eigenvalue weighted by atomic mass is 10.1. The number of hydrogen-bond acceptors (Lipinski definition) is 4. The van der Waals surface area contributed by atoms with E-state index in [0.29, 0.717) is 12.5 Å². The summed E-state index contributed by atoms with van der Waals surface area (Å²) in [5.41, 5.74) is 0. The predicted molar refractivity (Wildman–Crippen MR) is 53.0 cm³/mol. The average Bonchev–Trinajstić information content (AvgIpc) is 2.86. The molecule has 0 amide bonds. The van der Waals surface area contributed by atoms with Gasteiger partial charge in [-0.3, -0.25) is 4.90 Å². The van der Waals surface area contributed by atoms with Gasteiger partial charge >= 0.3 is 6.18 Å². The average molecular weight is 249 g/mol. The summed E-state index contributed by atoms with van der Waals surface area (Å²) in [6.07, 6.45) is -2.36. The molecule has 1 atom stereocenters. The van der Waals surface area contributed by atoms with Crippen LogP contribution in [0.4, 0.5) is 13.2 Å². The van der Waals surface area contributed by atoms with Crippen molar-refractivity contribution in [1.29, 1.82) is 0 Å². The SMILES string of the molecule is CC[C@@H]1CCN(Cc2nc(C(F)(F)F)no2)C1. The summed E-state index contributed by atoms with van der Waals surface area (Å²) in [5.74, 6) is -0.534. The van der Waals surface area contributed by atoms with Crippen LogP contribution in [0.25, 0.3) is 0 Å². The summed E-state index contributed by atoms with van der Waals surface area (Å²) < 4.78 is 41.3. The Labute approximate surface area is 96.8 Å². The normalized spacial score (nSPS) is 22.2. The summed E-state index contributed by atoms with van der Waals surface area (Å²) in [6, 6.07) is 0. The van der Waals surface area contributed by atoms with Crippen LogP contribution < -0.4 is 0 Å². The molecule has 0 saturated carbocycles. The van der Waals surface area contributed by atoms with Crippen LogP contribution in [0.2, 0.25) is 0 Å². The van der Waals surface area contributed by atoms with Gasteiger partial charge in [0.2, 0.25) is 5.89 Å². The fourth-order valence-electron chi connectivity index (χ4n) is 2.02. The minimum Gasteiger partial charge on any atom is -0.338 e. The summed E-state index contributed by atoms with van der Waals surface area (Å²) in [5, 5.41) is 2.93. The molecule has 0 bridgehead atoms. The first-order valence-electron chi connectivity index (χ1n) is 5.61. The Morgan fingerprint density at radius 3 is 2.76 bits per heavy atom. The van der Waals surface area contributed by atoms with Crippen LogP contribution in [0.5, 0.6) is 0 Å². The fourth-order valence-corrected chi connectivity index (χ4v) is 2.02. The highest BCUT2D eigenvalue weighted by atomic mass is 19.4. The van der Waals surface area contributed by atoms with Crippen molar-refractivity contribution in [2.75, 3.05) is 13.1 Å². The molecule has 0 aromatic carbocycles. The zero-order chi connectivity index (χ0) is 12.5. The Balaban J connectivity index is 1.94. The smallest absolute Gasteiger partial charge is 0.338 e. The van der Waals surface area contributed by atoms with Gasteiger partial charge in [-0.2, -0.15) is 18.2 Å². The Hall–Kier alpha value is -1.11. The molecule has 0 aliphatic carbocycles. The highest BCUT2D eigenvalue weighted by molar-refractivity contribution is 4.91. The van der Waals surface area contributed by atoms with Gasteiger partial charge in [0.25, 0.3) is 5.82 Å². The Morgan fingerprint density at radius 2 is 2.24 bits per heavy atom. The van der Waals surface area contributed by atoms with E-state index in [-0.39, 0.29) is 5.89 Å². The molecule has 2 heterocycles. The molecule has 0 spiro atoms. The van der Waals surface area contributed by atoms with Gasteiger partial charge < -0.3 is 4.52 Å². The van der Waals surface area contributed by atoms with Gasteiger partial charge in [-0.05, 0) is 18.9 Å². The molecule has 0 N–H and O–H groups in total. The molecule has 0 radical (unpaired) electrons. The first kappa shape index (κ1) is 12.3. The molecule has 1 aromatic rings. The Kier molecular flexibility index (Phi) is 3.37. The van der Waals surface area contributed by atoms with Crippen molar-refractivity contribution in [3.8, 4) is 0 Å². The largest absolute Gasteiger partial charge is 0.455 e. The molecular weight excluding hydrogens is 235 g/mol. The second kappa shape index (κ2) is 4.64. The number of hydrogen-bond donors (Lipinski definition) is 0. The van der Waals surface area contributed by atoms with E-state index in [1.165, 1.54) is 0 Å². The van der Waals surface area contributed by atoms with Crippen LogP contribution >= 0.6 is 0 Å². The zero-order valence-corrected chi connectivity index (χ0v) is 9.50. The lowest BCUT2D eigenvalue weighted by molar-refractivity contribution is -0.146. The maximum Gasteiger partial charge on any atom is 0.455 e. The second-order valence-electron chi connectivity index (χ2n) is 4.31. The molecule has 1 aliphatic rings. The van der Waals surface area contributed by atoms with Crippen molar-refractivity contribution in [2.45, 2.75) is 32.5 Å². The first-order chi connectivity index (χ1) is 7.99. The fraction of sp³-hybridized carbons (Fsp3) is 0.800. The summed E-state index contributed by atoms with van der Waals surface area (Å²) in [6.45, 7) is 4.19. The number of nitrogens with zero attached hydrogens (tertiary/aromatic N) is 3. The Bertz CT molecular complexity index is 377. The van der Waals surface area contributed by atoms with Gasteiger partial charge in [0.1, 0.15) is 0 Å². The van der Waals surface area contributed by atoms with E-state index in [9.17, 15) is 13.2 Å². The highest BCUT2D eigenvalue weighted by Gasteiger charge is 2.37. The third kappa shape index (κ3) is 2.96. The monoisotopic (exact) mass is 249 g/mol. The van der Waals surface area contributed by atoms with Crippen molar-refractivity contribution < 1.29 is 17.7 Å². The number of halogens is 3. The van der Waals surface area contributed by atoms with Gasteiger partial charge in [0.05, 0.1) is 6.54 Å². The molecule has 17 heavy (non-hydrogen) atoms. The number of aromatic nitrogens is 2. The van der Waals surface area contributed by atoms with Crippen molar-refractivity contribution in [3.63, 3.8) is 0 Å². The topological polar surface area (TPSA) is 42.2 Å². The third-order valence-electron chi connectivity index (χ3n) is 3.03. The van der Waals surface area contributed by atoms with Crippen molar-refractivity contribution >= 4 is 0 Å². The van der Waals surface area contributed by atoms with E-state index in [1.807, 2.05) is 4.90 Å². The summed E-state index contributed by atoms with van der Waals surface area (Å²) in [7, 11) is 0. The van der Waals surface area contributed by atoms with E-state index in [0.717, 1.165) is 25.9 Å². The van der Waals surface area contributed by atoms with Gasteiger partial charge in [-0.15, -0.1) is 0 Å². The van der Waals surface area contributed by atoms with Crippen LogP contribution in [0.1, 0.15) is 31.5 Å². The predicted octanol–water partition coefficient (Wildman–Crippen LogP) is 2.32. The Morgan fingerprint density at radius 1 is 1.47 bits per heavy atom. The maximum atomic E-state index is 12.2. The van der Waals surface area contributed by atoms with Crippen LogP contribution in [0.3, 0.4) is 0 Å². The van der Waals surface area contributed by atoms with E-state index in [1.54, 1.807) is 0 Å². The molecule has 1 saturated heterocycles. The van der Waals surface area contributed by atoms with Crippen molar-refractivity contribution in [3.05, 3.63) is 11.7 Å². The molecular formula is C10H14F3N3O. The molecule has 2 rings (SSSR count). The highest BCUT2D eigenvalue weighted by Crippen LogP contribution is 2.27. The molecule has 1 aromatic heterocycles. The van der Waals surface area contributed by atoms with E-state index < -0.39 is 12.0 Å². The molecule has 0 unspecified atom stereocenters. The van der Waals surface area contributed by atoms with E-state index in [2.05, 4.69) is 21.6 Å². The lowest BCUT2D eigenvalue weighted by Crippen LogP contribution is -2.20. The molecule has 1 fully saturated rings. The molecule has 1 aliphatic heterocycles. The van der Waals surface area contributed by atoms with Crippen molar-refractivity contribution in [1.82, 2.24) is 15.0 Å². The molecule has 96 valence electrons. The standard InChI is InChI=1S/C10H14F3N3O/c1-2-7-3-4-16(5-7)6-8-14-9(15-17-8)10(11,12)13/h7H,2-6H2,1H3/t7-/m1/s1. The van der Waals surface area contributed by atoms with Gasteiger partial charge in [-0.25, -0.2) is 0 Å². The van der Waals surface area contributed by atoms with Crippen LogP contribution in [0, 0.1) is 5.92 Å². The summed E-state index contributed by atoms with van der Waals surface area (Å²) in [4.78, 5) is 5.39. The quantitative estimate of drug-likeness (QED) is 0.824.